The van der Waals surface area contributed by atoms with E-state index in [1.165, 1.54) is 263 Å². The van der Waals surface area contributed by atoms with Crippen LogP contribution in [0.5, 0.6) is 11.5 Å². The molecule has 1 N–H and O–H groups in total. The zero-order chi connectivity index (χ0) is 43.1. The number of carbonyl (C=O) groups is 1. The Hall–Kier alpha value is -1.71. The van der Waals surface area contributed by atoms with Crippen molar-refractivity contribution in [3.63, 3.8) is 0 Å². The van der Waals surface area contributed by atoms with E-state index in [-0.39, 0.29) is 11.7 Å². The molecule has 0 saturated heterocycles. The number of ether oxygens (including phenoxy) is 2. The van der Waals surface area contributed by atoms with Crippen LogP contribution >= 0.6 is 0 Å². The number of benzene rings is 1. The van der Waals surface area contributed by atoms with Gasteiger partial charge < -0.3 is 14.6 Å². The third kappa shape index (κ3) is 40.4. The van der Waals surface area contributed by atoms with Gasteiger partial charge in [0.05, 0.1) is 13.7 Å². The van der Waals surface area contributed by atoms with E-state index >= 15 is 0 Å². The van der Waals surface area contributed by atoms with Crippen molar-refractivity contribution >= 4 is 5.97 Å². The minimum absolute atomic E-state index is 0.0738. The van der Waals surface area contributed by atoms with Gasteiger partial charge in [0, 0.05) is 6.42 Å². The van der Waals surface area contributed by atoms with Gasteiger partial charge >= 0.3 is 5.97 Å². The molecule has 0 aromatic heterocycles. The number of rotatable bonds is 49. The van der Waals surface area contributed by atoms with Crippen LogP contribution in [0.4, 0.5) is 0 Å². The fraction of sp³-hybridized carbons (Fsp3) is 0.875. The maximum atomic E-state index is 12.0. The van der Waals surface area contributed by atoms with Crippen LogP contribution in [0.15, 0.2) is 18.2 Å². The van der Waals surface area contributed by atoms with Crippen molar-refractivity contribution in [2.24, 2.45) is 0 Å². The van der Waals surface area contributed by atoms with Crippen LogP contribution in [0.3, 0.4) is 0 Å². The SMILES string of the molecule is CCCCCCCCCCCCCCCCCCCCCCCCCCCCCCCCCCCCCCCCCCCCCC(=O)OCCCc1ccc(O)c(OC)c1. The molecule has 4 nitrogen and oxygen atoms in total. The maximum absolute atomic E-state index is 12.0. The summed E-state index contributed by atoms with van der Waals surface area (Å²) in [5.74, 6) is 0.558. The van der Waals surface area contributed by atoms with E-state index in [4.69, 9.17) is 9.47 Å². The molecule has 0 unspecified atom stereocenters. The molecule has 1 rings (SSSR count). The van der Waals surface area contributed by atoms with Crippen molar-refractivity contribution in [1.82, 2.24) is 0 Å². The molecule has 0 spiro atoms. The summed E-state index contributed by atoms with van der Waals surface area (Å²) >= 11 is 0. The highest BCUT2D eigenvalue weighted by molar-refractivity contribution is 5.69. The molecule has 1 aromatic rings. The van der Waals surface area contributed by atoms with Gasteiger partial charge in [0.25, 0.3) is 0 Å². The fourth-order valence-corrected chi connectivity index (χ4v) is 9.00. The standard InChI is InChI=1S/C56H104O4/c1-3-4-5-6-7-8-9-10-11-12-13-14-15-16-17-18-19-20-21-22-23-24-25-26-27-28-29-30-31-32-33-34-35-36-37-38-39-40-41-42-43-44-45-48-56(58)60-51-46-47-53-49-50-54(57)55(52-53)59-2/h49-50,52,57H,3-48,51H2,1-2H3. The van der Waals surface area contributed by atoms with Gasteiger partial charge in [-0.15, -0.1) is 0 Å². The van der Waals surface area contributed by atoms with Crippen LogP contribution in [-0.2, 0) is 16.0 Å². The summed E-state index contributed by atoms with van der Waals surface area (Å²) < 4.78 is 10.6. The number of aryl methyl sites for hydroxylation is 1. The highest BCUT2D eigenvalue weighted by Gasteiger charge is 2.06. The highest BCUT2D eigenvalue weighted by atomic mass is 16.5. The molecule has 0 aliphatic heterocycles. The largest absolute Gasteiger partial charge is 0.504 e. The van der Waals surface area contributed by atoms with Gasteiger partial charge in [-0.3, -0.25) is 4.79 Å². The summed E-state index contributed by atoms with van der Waals surface area (Å²) in [7, 11) is 1.55. The summed E-state index contributed by atoms with van der Waals surface area (Å²) in [5.41, 5.74) is 1.07. The lowest BCUT2D eigenvalue weighted by Crippen LogP contribution is -2.06. The quantitative estimate of drug-likeness (QED) is 0.0524. The lowest BCUT2D eigenvalue weighted by molar-refractivity contribution is -0.143. The van der Waals surface area contributed by atoms with E-state index in [9.17, 15) is 9.90 Å². The minimum Gasteiger partial charge on any atom is -0.504 e. The Bertz CT molecular complexity index is 1010. The first-order valence-electron chi connectivity index (χ1n) is 27.2. The Labute approximate surface area is 375 Å². The third-order valence-electron chi connectivity index (χ3n) is 13.1. The number of unbranched alkanes of at least 4 members (excludes halogenated alkanes) is 42. The van der Waals surface area contributed by atoms with Gasteiger partial charge in [0.2, 0.25) is 0 Å². The second-order valence-electron chi connectivity index (χ2n) is 18.9. The lowest BCUT2D eigenvalue weighted by Gasteiger charge is -2.07. The monoisotopic (exact) mass is 841 g/mol. The minimum atomic E-state index is -0.0738. The summed E-state index contributed by atoms with van der Waals surface area (Å²) in [6, 6.07) is 5.37. The first-order chi connectivity index (χ1) is 29.7. The summed E-state index contributed by atoms with van der Waals surface area (Å²) in [5, 5.41) is 9.70. The molecule has 0 atom stereocenters. The second kappa shape index (κ2) is 46.8. The van der Waals surface area contributed by atoms with Gasteiger partial charge in [-0.25, -0.2) is 0 Å². The Kier molecular flexibility index (Phi) is 43.9. The van der Waals surface area contributed by atoms with Gasteiger partial charge in [0.1, 0.15) is 0 Å². The molecule has 0 radical (unpaired) electrons. The van der Waals surface area contributed by atoms with Crippen molar-refractivity contribution in [2.75, 3.05) is 13.7 Å². The molecule has 0 heterocycles. The average Bonchev–Trinajstić information content (AvgIpc) is 3.26. The molecular formula is C56H104O4. The molecule has 0 saturated carbocycles. The van der Waals surface area contributed by atoms with Crippen molar-refractivity contribution in [1.29, 1.82) is 0 Å². The van der Waals surface area contributed by atoms with E-state index in [0.717, 1.165) is 31.2 Å². The van der Waals surface area contributed by atoms with E-state index in [0.29, 0.717) is 18.8 Å². The molecule has 0 aliphatic rings. The number of phenolic OH excluding ortho intramolecular Hbond substituents is 1. The van der Waals surface area contributed by atoms with Crippen molar-refractivity contribution in [3.8, 4) is 11.5 Å². The number of hydrogen-bond donors (Lipinski definition) is 1. The van der Waals surface area contributed by atoms with Crippen LogP contribution in [0.2, 0.25) is 0 Å². The van der Waals surface area contributed by atoms with E-state index < -0.39 is 0 Å². The number of esters is 1. The first kappa shape index (κ1) is 56.3. The molecule has 0 bridgehead atoms. The molecule has 352 valence electrons. The maximum Gasteiger partial charge on any atom is 0.305 e. The number of aromatic hydroxyl groups is 1. The molecule has 0 aliphatic carbocycles. The number of methoxy groups -OCH3 is 1. The zero-order valence-electron chi connectivity index (χ0n) is 40.6. The zero-order valence-corrected chi connectivity index (χ0v) is 40.6. The van der Waals surface area contributed by atoms with Crippen LogP contribution in [0.25, 0.3) is 0 Å². The van der Waals surface area contributed by atoms with Gasteiger partial charge in [-0.05, 0) is 37.0 Å². The van der Waals surface area contributed by atoms with Crippen LogP contribution < -0.4 is 4.74 Å². The topological polar surface area (TPSA) is 55.8 Å². The Morgan fingerprint density at radius 2 is 0.700 bits per heavy atom. The average molecular weight is 841 g/mol. The Balaban J connectivity index is 1.65. The smallest absolute Gasteiger partial charge is 0.305 e. The molecule has 4 heteroatoms. The van der Waals surface area contributed by atoms with E-state index in [1.807, 2.05) is 12.1 Å². The van der Waals surface area contributed by atoms with Gasteiger partial charge in [0.15, 0.2) is 11.5 Å². The summed E-state index contributed by atoms with van der Waals surface area (Å²) in [6.45, 7) is 2.75. The van der Waals surface area contributed by atoms with Crippen LogP contribution in [-0.4, -0.2) is 24.8 Å². The summed E-state index contributed by atoms with van der Waals surface area (Å²) in [4.78, 5) is 12.0. The Morgan fingerprint density at radius 3 is 0.983 bits per heavy atom. The molecule has 0 fully saturated rings. The molecule has 1 aromatic carbocycles. The lowest BCUT2D eigenvalue weighted by atomic mass is 10.0. The predicted molar refractivity (Wildman–Crippen MR) is 263 cm³/mol. The van der Waals surface area contributed by atoms with Gasteiger partial charge in [-0.1, -0.05) is 283 Å². The van der Waals surface area contributed by atoms with Crippen LogP contribution in [0.1, 0.15) is 301 Å². The number of hydrogen-bond acceptors (Lipinski definition) is 4. The van der Waals surface area contributed by atoms with Crippen molar-refractivity contribution < 1.29 is 19.4 Å². The normalized spacial score (nSPS) is 11.4. The van der Waals surface area contributed by atoms with Crippen LogP contribution in [0, 0.1) is 0 Å². The van der Waals surface area contributed by atoms with E-state index in [1.54, 1.807) is 13.2 Å². The Morgan fingerprint density at radius 1 is 0.417 bits per heavy atom. The van der Waals surface area contributed by atoms with Crippen molar-refractivity contribution in [3.05, 3.63) is 23.8 Å². The van der Waals surface area contributed by atoms with E-state index in [2.05, 4.69) is 6.92 Å². The summed E-state index contributed by atoms with van der Waals surface area (Å²) in [6.07, 6.45) is 63.6. The highest BCUT2D eigenvalue weighted by Crippen LogP contribution is 2.27. The number of phenols is 1. The molecular weight excluding hydrogens is 737 g/mol. The number of carbonyl (C=O) groups excluding carboxylic acids is 1. The second-order valence-corrected chi connectivity index (χ2v) is 18.9. The predicted octanol–water partition coefficient (Wildman–Crippen LogP) is 19.1. The first-order valence-corrected chi connectivity index (χ1v) is 27.2. The van der Waals surface area contributed by atoms with Crippen molar-refractivity contribution in [2.45, 2.75) is 302 Å². The molecule has 60 heavy (non-hydrogen) atoms. The fourth-order valence-electron chi connectivity index (χ4n) is 9.00. The van der Waals surface area contributed by atoms with Gasteiger partial charge in [-0.2, -0.15) is 0 Å². The third-order valence-corrected chi connectivity index (χ3v) is 13.1. The molecule has 0 amide bonds.